The van der Waals surface area contributed by atoms with Crippen LogP contribution in [0.5, 0.6) is 0 Å². The average molecular weight is 551 g/mol. The van der Waals surface area contributed by atoms with Crippen molar-refractivity contribution < 1.29 is 17.5 Å². The molecule has 0 radical (unpaired) electrons. The second kappa shape index (κ2) is 9.12. The van der Waals surface area contributed by atoms with E-state index in [1.807, 2.05) is 22.9 Å². The van der Waals surface area contributed by atoms with Gasteiger partial charge in [0.15, 0.2) is 5.82 Å². The number of sulfone groups is 1. The molecule has 0 atom stereocenters. The minimum atomic E-state index is -3.04. The van der Waals surface area contributed by atoms with E-state index in [9.17, 15) is 8.42 Å². The molecule has 2 aliphatic rings. The van der Waals surface area contributed by atoms with Crippen molar-refractivity contribution in [2.45, 2.75) is 37.8 Å². The number of nitrogens with zero attached hydrogens (tertiary/aromatic N) is 7. The van der Waals surface area contributed by atoms with Crippen molar-refractivity contribution in [1.29, 1.82) is 0 Å². The lowest BCUT2D eigenvalue weighted by Gasteiger charge is -2.24. The van der Waals surface area contributed by atoms with Crippen molar-refractivity contribution in [3.05, 3.63) is 48.8 Å². The van der Waals surface area contributed by atoms with E-state index in [0.717, 1.165) is 24.1 Å². The van der Waals surface area contributed by atoms with E-state index < -0.39 is 15.7 Å². The molecule has 13 heteroatoms. The summed E-state index contributed by atoms with van der Waals surface area (Å²) in [5.74, 6) is 0.0967. The lowest BCUT2D eigenvalue weighted by atomic mass is 10.1. The molecule has 1 aromatic carbocycles. The summed E-state index contributed by atoms with van der Waals surface area (Å²) in [6, 6.07) is 7.31. The Morgan fingerprint density at radius 3 is 2.51 bits per heavy atom. The van der Waals surface area contributed by atoms with Gasteiger partial charge in [-0.05, 0) is 49.9 Å². The largest absolute Gasteiger partial charge is 0.382 e. The van der Waals surface area contributed by atoms with E-state index in [1.54, 1.807) is 15.4 Å². The predicted octanol–water partition coefficient (Wildman–Crippen LogP) is 3.43. The van der Waals surface area contributed by atoms with Crippen LogP contribution in [0.25, 0.3) is 38.9 Å². The van der Waals surface area contributed by atoms with E-state index >= 15 is 4.39 Å². The Kier molecular flexibility index (Phi) is 5.67. The highest BCUT2D eigenvalue weighted by atomic mass is 32.2. The SMILES string of the molecule is Nc1ncnn2c(-c3cc(F)c4cnn(C5CCS(=O)(=O)CC5)c4c3)cc(-c3ccnn3C3CCOCC3)c12. The van der Waals surface area contributed by atoms with Crippen LogP contribution in [0.1, 0.15) is 37.8 Å². The molecule has 2 fully saturated rings. The van der Waals surface area contributed by atoms with Crippen molar-refractivity contribution in [3.8, 4) is 22.5 Å². The summed E-state index contributed by atoms with van der Waals surface area (Å²) in [5.41, 5.74) is 10.5. The number of nitrogens with two attached hydrogens (primary N) is 1. The van der Waals surface area contributed by atoms with Crippen molar-refractivity contribution in [2.75, 3.05) is 30.5 Å². The molecule has 0 amide bonds. The maximum absolute atomic E-state index is 15.5. The number of anilines is 1. The maximum Gasteiger partial charge on any atom is 0.152 e. The smallest absolute Gasteiger partial charge is 0.152 e. The maximum atomic E-state index is 15.5. The number of fused-ring (bicyclic) bond motifs is 2. The third kappa shape index (κ3) is 4.07. The molecular weight excluding hydrogens is 523 g/mol. The van der Waals surface area contributed by atoms with Crippen LogP contribution in [0.4, 0.5) is 10.2 Å². The third-order valence-corrected chi connectivity index (χ3v) is 9.61. The van der Waals surface area contributed by atoms with Crippen LogP contribution in [0.2, 0.25) is 0 Å². The van der Waals surface area contributed by atoms with Gasteiger partial charge in [-0.2, -0.15) is 15.3 Å². The predicted molar refractivity (Wildman–Crippen MR) is 143 cm³/mol. The summed E-state index contributed by atoms with van der Waals surface area (Å²) < 4.78 is 50.4. The quantitative estimate of drug-likeness (QED) is 0.360. The zero-order chi connectivity index (χ0) is 26.7. The van der Waals surface area contributed by atoms with Gasteiger partial charge in [0.1, 0.15) is 27.5 Å². The van der Waals surface area contributed by atoms with Gasteiger partial charge in [-0.3, -0.25) is 9.36 Å². The molecule has 7 rings (SSSR count). The van der Waals surface area contributed by atoms with Gasteiger partial charge in [-0.25, -0.2) is 22.3 Å². The van der Waals surface area contributed by atoms with Crippen LogP contribution < -0.4 is 5.73 Å². The number of halogens is 1. The van der Waals surface area contributed by atoms with Gasteiger partial charge >= 0.3 is 0 Å². The van der Waals surface area contributed by atoms with Gasteiger partial charge in [0, 0.05) is 30.5 Å². The molecule has 0 saturated carbocycles. The van der Waals surface area contributed by atoms with Crippen molar-refractivity contribution in [3.63, 3.8) is 0 Å². The molecule has 2 aliphatic heterocycles. The second-order valence-corrected chi connectivity index (χ2v) is 12.5. The summed E-state index contributed by atoms with van der Waals surface area (Å²) in [7, 11) is -3.04. The van der Waals surface area contributed by atoms with Crippen LogP contribution in [-0.2, 0) is 14.6 Å². The molecule has 0 spiro atoms. The van der Waals surface area contributed by atoms with Gasteiger partial charge in [-0.15, -0.1) is 0 Å². The van der Waals surface area contributed by atoms with E-state index in [2.05, 4.69) is 20.3 Å². The molecule has 5 aromatic rings. The fourth-order valence-corrected chi connectivity index (χ4v) is 7.35. The number of nitrogen functional groups attached to an aromatic ring is 1. The van der Waals surface area contributed by atoms with Gasteiger partial charge in [-0.1, -0.05) is 0 Å². The van der Waals surface area contributed by atoms with Crippen molar-refractivity contribution in [1.82, 2.24) is 34.2 Å². The van der Waals surface area contributed by atoms with Crippen molar-refractivity contribution >= 4 is 32.1 Å². The Balaban J connectivity index is 1.38. The normalized spacial score (nSPS) is 18.8. The Morgan fingerprint density at radius 2 is 1.72 bits per heavy atom. The minimum Gasteiger partial charge on any atom is -0.382 e. The van der Waals surface area contributed by atoms with Crippen LogP contribution in [0.15, 0.2) is 43.0 Å². The zero-order valence-corrected chi connectivity index (χ0v) is 21.9. The van der Waals surface area contributed by atoms with Gasteiger partial charge < -0.3 is 10.5 Å². The Labute approximate surface area is 223 Å². The Morgan fingerprint density at radius 1 is 0.949 bits per heavy atom. The fourth-order valence-electron chi connectivity index (χ4n) is 5.88. The highest BCUT2D eigenvalue weighted by molar-refractivity contribution is 7.91. The zero-order valence-electron chi connectivity index (χ0n) is 21.1. The first-order valence-corrected chi connectivity index (χ1v) is 14.8. The molecule has 4 aromatic heterocycles. The van der Waals surface area contributed by atoms with Gasteiger partial charge in [0.25, 0.3) is 0 Å². The summed E-state index contributed by atoms with van der Waals surface area (Å²) >= 11 is 0. The average Bonchev–Trinajstić information content (AvgIpc) is 3.67. The molecule has 39 heavy (non-hydrogen) atoms. The molecule has 0 aliphatic carbocycles. The first kappa shape index (κ1) is 24.2. The first-order valence-electron chi connectivity index (χ1n) is 13.0. The topological polar surface area (TPSA) is 135 Å². The molecule has 2 saturated heterocycles. The van der Waals surface area contributed by atoms with Gasteiger partial charge in [0.2, 0.25) is 0 Å². The molecule has 202 valence electrons. The lowest BCUT2D eigenvalue weighted by molar-refractivity contribution is 0.0667. The van der Waals surface area contributed by atoms with Gasteiger partial charge in [0.05, 0.1) is 52.1 Å². The fraction of sp³-hybridized carbons (Fsp3) is 0.385. The number of rotatable bonds is 4. The van der Waals surface area contributed by atoms with Crippen LogP contribution in [0, 0.1) is 5.82 Å². The number of aromatic nitrogens is 7. The van der Waals surface area contributed by atoms with E-state index in [1.165, 1.54) is 18.6 Å². The molecule has 0 bridgehead atoms. The molecule has 6 heterocycles. The minimum absolute atomic E-state index is 0.102. The highest BCUT2D eigenvalue weighted by Crippen LogP contribution is 2.38. The summed E-state index contributed by atoms with van der Waals surface area (Å²) in [6.45, 7) is 1.35. The Hall–Kier alpha value is -3.84. The van der Waals surface area contributed by atoms with Crippen LogP contribution in [0.3, 0.4) is 0 Å². The first-order chi connectivity index (χ1) is 18.9. The summed E-state index contributed by atoms with van der Waals surface area (Å²) in [6.07, 6.45) is 7.26. The summed E-state index contributed by atoms with van der Waals surface area (Å²) in [5, 5.41) is 13.9. The molecule has 0 unspecified atom stereocenters. The number of hydrogen-bond acceptors (Lipinski definition) is 8. The molecular formula is C26H27FN8O3S. The number of benzene rings is 1. The number of ether oxygens (including phenoxy) is 1. The van der Waals surface area contributed by atoms with E-state index in [0.29, 0.717) is 59.6 Å². The van der Waals surface area contributed by atoms with Crippen LogP contribution >= 0.6 is 0 Å². The van der Waals surface area contributed by atoms with E-state index in [4.69, 9.17) is 10.5 Å². The lowest BCUT2D eigenvalue weighted by Crippen LogP contribution is -2.26. The van der Waals surface area contributed by atoms with E-state index in [-0.39, 0.29) is 23.6 Å². The monoisotopic (exact) mass is 550 g/mol. The molecule has 11 nitrogen and oxygen atoms in total. The standard InChI is InChI=1S/C26H27FN8O3S/c27-21-11-16(12-24-20(21)14-31-34(24)18-4-9-39(36,37)10-5-18)23-13-19(25-26(28)29-15-32-35(23)25)22-1-6-30-33(22)17-2-7-38-8-3-17/h1,6,11-15,17-18H,2-5,7-10H2,(H2,28,29,32). The Bertz CT molecular complexity index is 1810. The third-order valence-electron chi connectivity index (χ3n) is 7.90. The summed E-state index contributed by atoms with van der Waals surface area (Å²) in [4.78, 5) is 4.23. The van der Waals surface area contributed by atoms with Crippen LogP contribution in [-0.4, -0.2) is 67.3 Å². The number of hydrogen-bond donors (Lipinski definition) is 1. The highest BCUT2D eigenvalue weighted by Gasteiger charge is 2.28. The molecule has 2 N–H and O–H groups in total. The van der Waals surface area contributed by atoms with Crippen molar-refractivity contribution in [2.24, 2.45) is 0 Å². The second-order valence-electron chi connectivity index (χ2n) is 10.2.